The second-order valence-electron chi connectivity index (χ2n) is 5.77. The molecule has 1 aliphatic rings. The van der Waals surface area contributed by atoms with Crippen LogP contribution in [-0.2, 0) is 14.8 Å². The third-order valence-electron chi connectivity index (χ3n) is 3.91. The minimum absolute atomic E-state index is 0.0628. The number of carbonyl (C=O) groups excluding carboxylic acids is 1. The Hall–Kier alpha value is -1.58. The van der Waals surface area contributed by atoms with Crippen LogP contribution in [0.1, 0.15) is 13.8 Å². The maximum Gasteiger partial charge on any atom is 0.245 e. The maximum atomic E-state index is 12.9. The van der Waals surface area contributed by atoms with Gasteiger partial charge in [0.2, 0.25) is 15.9 Å². The predicted octanol–water partition coefficient (Wildman–Crippen LogP) is 1.18. The lowest BCUT2D eigenvalue weighted by atomic mass is 10.2. The molecule has 0 bridgehead atoms. The van der Waals surface area contributed by atoms with Gasteiger partial charge in [-0.05, 0) is 12.1 Å². The van der Waals surface area contributed by atoms with Gasteiger partial charge in [0.05, 0.1) is 11.7 Å². The summed E-state index contributed by atoms with van der Waals surface area (Å²) in [5.74, 6) is -0.0131. The van der Waals surface area contributed by atoms with Gasteiger partial charge in [-0.3, -0.25) is 4.79 Å². The first kappa shape index (κ1) is 16.3. The van der Waals surface area contributed by atoms with Gasteiger partial charge in [0.15, 0.2) is 0 Å². The first-order valence-electron chi connectivity index (χ1n) is 7.41. The number of amides is 1. The Kier molecular flexibility index (Phi) is 4.35. The van der Waals surface area contributed by atoms with E-state index in [1.165, 1.54) is 4.31 Å². The van der Waals surface area contributed by atoms with Crippen molar-refractivity contribution in [2.45, 2.75) is 18.7 Å². The number of benzene rings is 1. The topological polar surface area (TPSA) is 83.5 Å². The van der Waals surface area contributed by atoms with E-state index in [1.54, 1.807) is 23.1 Å². The molecule has 1 aliphatic heterocycles. The molecule has 7 nitrogen and oxygen atoms in total. The molecule has 3 rings (SSSR count). The fraction of sp³-hybridized carbons (Fsp3) is 0.500. The monoisotopic (exact) mass is 354 g/mol. The summed E-state index contributed by atoms with van der Waals surface area (Å²) in [6.45, 7) is 5.13. The van der Waals surface area contributed by atoms with Gasteiger partial charge in [0, 0.05) is 32.1 Å². The molecule has 124 valence electrons. The first-order chi connectivity index (χ1) is 10.9. The fourth-order valence-corrected chi connectivity index (χ4v) is 4.82. The second kappa shape index (κ2) is 6.14. The summed E-state index contributed by atoms with van der Waals surface area (Å²) >= 11 is 1.00. The molecule has 0 spiro atoms. The molecule has 23 heavy (non-hydrogen) atoms. The SMILES string of the molecule is CC(C)C(=O)N1CCN(S(=O)(=O)c2cccc3nsnc23)CC1. The number of piperazine rings is 1. The van der Waals surface area contributed by atoms with E-state index in [1.807, 2.05) is 13.8 Å². The Balaban J connectivity index is 1.82. The highest BCUT2D eigenvalue weighted by Gasteiger charge is 2.32. The lowest BCUT2D eigenvalue weighted by Crippen LogP contribution is -2.51. The molecule has 1 saturated heterocycles. The molecular formula is C14H18N4O3S2. The van der Waals surface area contributed by atoms with Gasteiger partial charge >= 0.3 is 0 Å². The third-order valence-corrected chi connectivity index (χ3v) is 6.38. The lowest BCUT2D eigenvalue weighted by molar-refractivity contribution is -0.135. The van der Waals surface area contributed by atoms with Crippen molar-refractivity contribution in [3.05, 3.63) is 18.2 Å². The van der Waals surface area contributed by atoms with Crippen molar-refractivity contribution in [3.8, 4) is 0 Å². The maximum absolute atomic E-state index is 12.9. The molecule has 0 atom stereocenters. The van der Waals surface area contributed by atoms with Crippen LogP contribution in [0.25, 0.3) is 11.0 Å². The Morgan fingerprint density at radius 1 is 1.17 bits per heavy atom. The van der Waals surface area contributed by atoms with Gasteiger partial charge in [-0.25, -0.2) is 8.42 Å². The molecule has 0 unspecified atom stereocenters. The zero-order valence-corrected chi connectivity index (χ0v) is 14.6. The normalized spacial score (nSPS) is 17.1. The van der Waals surface area contributed by atoms with E-state index in [2.05, 4.69) is 8.75 Å². The van der Waals surface area contributed by atoms with Crippen molar-refractivity contribution in [2.75, 3.05) is 26.2 Å². The zero-order valence-electron chi connectivity index (χ0n) is 13.0. The number of aromatic nitrogens is 2. The smallest absolute Gasteiger partial charge is 0.245 e. The van der Waals surface area contributed by atoms with Crippen LogP contribution in [-0.4, -0.2) is 58.5 Å². The molecule has 0 saturated carbocycles. The highest BCUT2D eigenvalue weighted by atomic mass is 32.2. The quantitative estimate of drug-likeness (QED) is 0.826. The summed E-state index contributed by atoms with van der Waals surface area (Å²) in [6, 6.07) is 4.98. The van der Waals surface area contributed by atoms with E-state index in [0.717, 1.165) is 11.7 Å². The lowest BCUT2D eigenvalue weighted by Gasteiger charge is -2.34. The highest BCUT2D eigenvalue weighted by molar-refractivity contribution is 7.89. The van der Waals surface area contributed by atoms with E-state index in [4.69, 9.17) is 0 Å². The minimum Gasteiger partial charge on any atom is -0.340 e. The Morgan fingerprint density at radius 3 is 2.52 bits per heavy atom. The molecular weight excluding hydrogens is 336 g/mol. The van der Waals surface area contributed by atoms with Crippen LogP contribution in [0.5, 0.6) is 0 Å². The molecule has 1 amide bonds. The number of hydrogen-bond donors (Lipinski definition) is 0. The number of carbonyl (C=O) groups is 1. The van der Waals surface area contributed by atoms with Crippen molar-refractivity contribution in [2.24, 2.45) is 5.92 Å². The summed E-state index contributed by atoms with van der Waals surface area (Å²) in [5, 5.41) is 0. The van der Waals surface area contributed by atoms with E-state index in [-0.39, 0.29) is 16.7 Å². The van der Waals surface area contributed by atoms with E-state index < -0.39 is 10.0 Å². The number of sulfonamides is 1. The van der Waals surface area contributed by atoms with Gasteiger partial charge in [-0.15, -0.1) is 0 Å². The number of nitrogens with zero attached hydrogens (tertiary/aromatic N) is 4. The van der Waals surface area contributed by atoms with E-state index in [0.29, 0.717) is 37.2 Å². The van der Waals surface area contributed by atoms with E-state index in [9.17, 15) is 13.2 Å². The summed E-state index contributed by atoms with van der Waals surface area (Å²) in [5.41, 5.74) is 1.00. The average molecular weight is 354 g/mol. The van der Waals surface area contributed by atoms with Crippen LogP contribution in [0.2, 0.25) is 0 Å². The van der Waals surface area contributed by atoms with Crippen molar-refractivity contribution in [1.29, 1.82) is 0 Å². The molecule has 0 radical (unpaired) electrons. The highest BCUT2D eigenvalue weighted by Crippen LogP contribution is 2.25. The van der Waals surface area contributed by atoms with Crippen molar-refractivity contribution < 1.29 is 13.2 Å². The molecule has 1 aromatic heterocycles. The van der Waals surface area contributed by atoms with Crippen molar-refractivity contribution in [3.63, 3.8) is 0 Å². The molecule has 9 heteroatoms. The molecule has 1 fully saturated rings. The van der Waals surface area contributed by atoms with Gasteiger partial charge in [-0.2, -0.15) is 13.1 Å². The molecule has 0 aliphatic carbocycles. The largest absolute Gasteiger partial charge is 0.340 e. The Labute approximate surface area is 139 Å². The molecule has 2 aromatic rings. The molecule has 1 aromatic carbocycles. The van der Waals surface area contributed by atoms with Crippen LogP contribution < -0.4 is 0 Å². The first-order valence-corrected chi connectivity index (χ1v) is 9.58. The fourth-order valence-electron chi connectivity index (χ4n) is 2.64. The summed E-state index contributed by atoms with van der Waals surface area (Å²) in [6.07, 6.45) is 0. The third kappa shape index (κ3) is 2.96. The second-order valence-corrected chi connectivity index (χ2v) is 8.21. The predicted molar refractivity (Wildman–Crippen MR) is 87.6 cm³/mol. The summed E-state index contributed by atoms with van der Waals surface area (Å²) in [7, 11) is -3.63. The van der Waals surface area contributed by atoms with E-state index >= 15 is 0 Å². The summed E-state index contributed by atoms with van der Waals surface area (Å²) < 4.78 is 35.4. The Bertz CT molecular complexity index is 823. The van der Waals surface area contributed by atoms with Crippen LogP contribution in [0.4, 0.5) is 0 Å². The number of fused-ring (bicyclic) bond motifs is 1. The minimum atomic E-state index is -3.63. The molecule has 0 N–H and O–H groups in total. The average Bonchev–Trinajstić information content (AvgIpc) is 3.02. The van der Waals surface area contributed by atoms with Gasteiger partial charge < -0.3 is 4.90 Å². The van der Waals surface area contributed by atoms with Gasteiger partial charge in [-0.1, -0.05) is 19.9 Å². The summed E-state index contributed by atoms with van der Waals surface area (Å²) in [4.78, 5) is 13.9. The van der Waals surface area contributed by atoms with Crippen LogP contribution >= 0.6 is 11.7 Å². The number of rotatable bonds is 3. The number of hydrogen-bond acceptors (Lipinski definition) is 6. The van der Waals surface area contributed by atoms with Crippen molar-refractivity contribution in [1.82, 2.24) is 18.0 Å². The van der Waals surface area contributed by atoms with Gasteiger partial charge in [0.25, 0.3) is 0 Å². The van der Waals surface area contributed by atoms with Crippen LogP contribution in [0, 0.1) is 5.92 Å². The van der Waals surface area contributed by atoms with Gasteiger partial charge in [0.1, 0.15) is 15.9 Å². The Morgan fingerprint density at radius 2 is 1.87 bits per heavy atom. The van der Waals surface area contributed by atoms with Crippen molar-refractivity contribution >= 4 is 38.7 Å². The standard InChI is InChI=1S/C14H18N4O3S2/c1-10(2)14(19)17-6-8-18(9-7-17)23(20,21)12-5-3-4-11-13(12)16-22-15-11/h3-5,10H,6-9H2,1-2H3. The van der Waals surface area contributed by atoms with Crippen LogP contribution in [0.15, 0.2) is 23.1 Å². The van der Waals surface area contributed by atoms with Crippen LogP contribution in [0.3, 0.4) is 0 Å². The zero-order chi connectivity index (χ0) is 16.6. The molecule has 2 heterocycles.